The van der Waals surface area contributed by atoms with Crippen LogP contribution >= 0.6 is 7.06 Å². The molecule has 0 aliphatic heterocycles. The number of alkyl halides is 3. The summed E-state index contributed by atoms with van der Waals surface area (Å²) in [4.78, 5) is 12.8. The third kappa shape index (κ3) is 3.60. The predicted molar refractivity (Wildman–Crippen MR) is 119 cm³/mol. The maximum atomic E-state index is 13.8. The summed E-state index contributed by atoms with van der Waals surface area (Å²) in [5.74, 6) is -0.424. The van der Waals surface area contributed by atoms with Gasteiger partial charge in [0.25, 0.3) is 0 Å². The second-order valence-corrected chi connectivity index (χ2v) is 10.8. The van der Waals surface area contributed by atoms with Gasteiger partial charge >= 0.3 is 178 Å². The van der Waals surface area contributed by atoms with Crippen LogP contribution in [0.5, 0.6) is 5.75 Å². The summed E-state index contributed by atoms with van der Waals surface area (Å²) in [7, 11) is -4.80. The third-order valence-electron chi connectivity index (χ3n) is 5.17. The van der Waals surface area contributed by atoms with Crippen molar-refractivity contribution >= 4 is 23.0 Å². The first-order valence-corrected chi connectivity index (χ1v) is 11.7. The molecule has 1 N–H and O–H groups in total. The maximum absolute atomic E-state index is 13.8. The van der Waals surface area contributed by atoms with E-state index in [1.807, 2.05) is 0 Å². The van der Waals surface area contributed by atoms with Gasteiger partial charge in [0.15, 0.2) is 0 Å². The Kier molecular flexibility index (Phi) is 5.34. The van der Waals surface area contributed by atoms with Crippen molar-refractivity contribution in [2.75, 3.05) is 0 Å². The number of halogens is 3. The zero-order chi connectivity index (χ0) is 22.0. The van der Waals surface area contributed by atoms with Gasteiger partial charge in [-0.15, -0.1) is 0 Å². The van der Waals surface area contributed by atoms with Crippen LogP contribution in [0.2, 0.25) is 0 Å². The van der Waals surface area contributed by atoms with E-state index in [1.165, 1.54) is 18.2 Å². The molecule has 0 aromatic heterocycles. The van der Waals surface area contributed by atoms with Gasteiger partial charge in [-0.3, -0.25) is 0 Å². The van der Waals surface area contributed by atoms with Gasteiger partial charge in [-0.2, -0.15) is 0 Å². The average Bonchev–Trinajstić information content (AvgIpc) is 2.80. The summed E-state index contributed by atoms with van der Waals surface area (Å²) >= 11 is 0. The Bertz CT molecular complexity index is 1060. The number of benzene rings is 4. The molecular formula is C25H20F3O2P. The molecule has 0 atom stereocenters. The second-order valence-electron chi connectivity index (χ2n) is 7.08. The molecule has 0 aliphatic rings. The minimum absolute atomic E-state index is 0.405. The van der Waals surface area contributed by atoms with Crippen LogP contribution in [0, 0.1) is 0 Å². The van der Waals surface area contributed by atoms with Crippen LogP contribution in [0.25, 0.3) is 0 Å². The summed E-state index contributed by atoms with van der Waals surface area (Å²) in [6.45, 7) is 0. The summed E-state index contributed by atoms with van der Waals surface area (Å²) in [6.07, 6.45) is -4.64. The van der Waals surface area contributed by atoms with Crippen LogP contribution in [0.15, 0.2) is 115 Å². The van der Waals surface area contributed by atoms with E-state index < -0.39 is 24.5 Å². The summed E-state index contributed by atoms with van der Waals surface area (Å²) < 4.78 is 47.7. The Morgan fingerprint density at radius 3 is 1.29 bits per heavy atom. The fourth-order valence-electron chi connectivity index (χ4n) is 3.69. The van der Waals surface area contributed by atoms with Gasteiger partial charge in [-0.25, -0.2) is 0 Å². The molecule has 0 bridgehead atoms. The van der Waals surface area contributed by atoms with E-state index in [-0.39, 0.29) is 0 Å². The van der Waals surface area contributed by atoms with Crippen molar-refractivity contribution in [3.8, 4) is 5.75 Å². The fourth-order valence-corrected chi connectivity index (χ4v) is 7.62. The van der Waals surface area contributed by atoms with Crippen LogP contribution in [0.1, 0.15) is 5.56 Å². The zero-order valence-corrected chi connectivity index (χ0v) is 17.3. The van der Waals surface area contributed by atoms with E-state index in [2.05, 4.69) is 0 Å². The quantitative estimate of drug-likeness (QED) is 0.419. The molecule has 4 aromatic rings. The first-order chi connectivity index (χ1) is 14.8. The zero-order valence-electron chi connectivity index (χ0n) is 16.4. The molecule has 0 aliphatic carbocycles. The van der Waals surface area contributed by atoms with Crippen LogP contribution < -0.4 is 20.4 Å². The van der Waals surface area contributed by atoms with Gasteiger partial charge in [0.2, 0.25) is 0 Å². The van der Waals surface area contributed by atoms with E-state index >= 15 is 0 Å². The van der Waals surface area contributed by atoms with Crippen molar-refractivity contribution in [1.29, 1.82) is 0 Å². The summed E-state index contributed by atoms with van der Waals surface area (Å²) in [6, 6.07) is 30.8. The average molecular weight is 440 g/mol. The van der Waals surface area contributed by atoms with Gasteiger partial charge < -0.3 is 0 Å². The third-order valence-corrected chi connectivity index (χ3v) is 9.50. The van der Waals surface area contributed by atoms with Crippen LogP contribution in [0.4, 0.5) is 13.2 Å². The van der Waals surface area contributed by atoms with E-state index in [4.69, 9.17) is 4.52 Å². The first-order valence-electron chi connectivity index (χ1n) is 9.63. The molecule has 0 heterocycles. The van der Waals surface area contributed by atoms with Crippen LogP contribution in [-0.2, 0) is 6.18 Å². The molecule has 6 heteroatoms. The van der Waals surface area contributed by atoms with Gasteiger partial charge in [0, 0.05) is 0 Å². The van der Waals surface area contributed by atoms with E-state index in [9.17, 15) is 18.1 Å². The molecule has 4 aromatic carbocycles. The Labute approximate surface area is 178 Å². The number of hydrogen-bond acceptors (Lipinski definition) is 2. The summed E-state index contributed by atoms with van der Waals surface area (Å²) in [5, 5.41) is 1.22. The van der Waals surface area contributed by atoms with Crippen molar-refractivity contribution in [3.05, 3.63) is 121 Å². The molecule has 0 spiro atoms. The Morgan fingerprint density at radius 1 is 0.548 bits per heavy atom. The predicted octanol–water partition coefficient (Wildman–Crippen LogP) is 5.44. The molecule has 0 unspecified atom stereocenters. The molecular weight excluding hydrogens is 420 g/mol. The number of hydrogen-bond donors (Lipinski definition) is 1. The van der Waals surface area contributed by atoms with Crippen molar-refractivity contribution in [2.24, 2.45) is 0 Å². The molecule has 158 valence electrons. The molecule has 0 amide bonds. The van der Waals surface area contributed by atoms with E-state index in [0.29, 0.717) is 15.9 Å². The van der Waals surface area contributed by atoms with E-state index in [1.54, 1.807) is 91.0 Å². The molecule has 31 heavy (non-hydrogen) atoms. The second kappa shape index (κ2) is 7.84. The Morgan fingerprint density at radius 2 is 0.903 bits per heavy atom. The topological polar surface area (TPSA) is 29.5 Å². The monoisotopic (exact) mass is 440 g/mol. The van der Waals surface area contributed by atoms with Gasteiger partial charge in [0.05, 0.1) is 0 Å². The Balaban J connectivity index is 2.11. The van der Waals surface area contributed by atoms with Gasteiger partial charge in [-0.05, 0) is 0 Å². The van der Waals surface area contributed by atoms with Crippen LogP contribution in [0.3, 0.4) is 0 Å². The molecule has 0 radical (unpaired) electrons. The number of rotatable bonds is 5. The van der Waals surface area contributed by atoms with Gasteiger partial charge in [-0.1, -0.05) is 0 Å². The minimum atomic E-state index is -4.80. The fraction of sp³-hybridized carbons (Fsp3) is 0.0400. The molecule has 0 saturated heterocycles. The van der Waals surface area contributed by atoms with Gasteiger partial charge in [0.1, 0.15) is 0 Å². The number of para-hydroxylation sites is 1. The molecule has 2 nitrogen and oxygen atoms in total. The molecule has 4 rings (SSSR count). The van der Waals surface area contributed by atoms with Crippen molar-refractivity contribution < 1.29 is 22.6 Å². The van der Waals surface area contributed by atoms with Crippen molar-refractivity contribution in [3.63, 3.8) is 0 Å². The van der Waals surface area contributed by atoms with E-state index in [0.717, 1.165) is 6.07 Å². The normalized spacial score (nSPS) is 13.2. The first kappa shape index (κ1) is 21.1. The van der Waals surface area contributed by atoms with Crippen LogP contribution in [-0.4, -0.2) is 4.89 Å². The molecule has 0 saturated carbocycles. The summed E-state index contributed by atoms with van der Waals surface area (Å²) in [5.41, 5.74) is -0.944. The Hall–Kier alpha value is -3.14. The standard InChI is InChI=1S/C25H20F3O2P/c26-25(27,28)23-18-10-11-19-24(23)30-31(29,20-12-4-1-5-13-20,21-14-6-2-7-15-21)22-16-8-3-9-17-22/h1-19,29H. The van der Waals surface area contributed by atoms with Crippen molar-refractivity contribution in [2.45, 2.75) is 6.18 Å². The SMILES string of the molecule is OP(Oc1ccccc1C(F)(F)F)(c1ccccc1)(c1ccccc1)c1ccccc1. The van der Waals surface area contributed by atoms with Crippen molar-refractivity contribution in [1.82, 2.24) is 0 Å². The molecule has 0 fully saturated rings.